The van der Waals surface area contributed by atoms with Crippen molar-refractivity contribution in [3.05, 3.63) is 85.9 Å². The maximum atomic E-state index is 4.92. The van der Waals surface area contributed by atoms with Crippen LogP contribution in [0.1, 0.15) is 26.2 Å². The van der Waals surface area contributed by atoms with Gasteiger partial charge in [0.15, 0.2) is 5.82 Å². The number of fused-ring (bicyclic) bond motifs is 2. The predicted molar refractivity (Wildman–Crippen MR) is 148 cm³/mol. The molecule has 6 aromatic rings. The number of imidazole rings is 1. The standard InChI is InChI=1S/C29H26N8/c1-3-4-6-18(2)33-22-11-21(14-31-15-22)19-8-9-25-23(12-19)28(37-36-25)29-34-26-17-32-16-24(27(26)35-29)20-7-5-10-30-13-20/h5,7-17,33H,2-4,6H2,1H3,(H,34,35)(H,36,37). The van der Waals surface area contributed by atoms with Gasteiger partial charge in [-0.25, -0.2) is 4.98 Å². The Morgan fingerprint density at radius 2 is 1.81 bits per heavy atom. The van der Waals surface area contributed by atoms with Crippen molar-refractivity contribution in [3.8, 4) is 33.8 Å². The van der Waals surface area contributed by atoms with Crippen LogP contribution in [-0.2, 0) is 0 Å². The van der Waals surface area contributed by atoms with Crippen molar-refractivity contribution in [1.29, 1.82) is 0 Å². The molecule has 3 N–H and O–H groups in total. The van der Waals surface area contributed by atoms with Crippen molar-refractivity contribution in [2.24, 2.45) is 0 Å². The van der Waals surface area contributed by atoms with Gasteiger partial charge in [0, 0.05) is 52.6 Å². The zero-order valence-corrected chi connectivity index (χ0v) is 20.5. The number of nitrogens with one attached hydrogen (secondary N) is 3. The number of rotatable bonds is 8. The average Bonchev–Trinajstić information content (AvgIpc) is 3.56. The first kappa shape index (κ1) is 22.6. The lowest BCUT2D eigenvalue weighted by Crippen LogP contribution is -1.98. The summed E-state index contributed by atoms with van der Waals surface area (Å²) in [5, 5.41) is 12.1. The Bertz CT molecular complexity index is 1710. The van der Waals surface area contributed by atoms with E-state index in [2.05, 4.69) is 67.2 Å². The van der Waals surface area contributed by atoms with Crippen LogP contribution in [0.25, 0.3) is 55.7 Å². The number of aromatic nitrogens is 7. The van der Waals surface area contributed by atoms with Crippen LogP contribution in [0.5, 0.6) is 0 Å². The summed E-state index contributed by atoms with van der Waals surface area (Å²) in [4.78, 5) is 21.4. The van der Waals surface area contributed by atoms with E-state index in [0.29, 0.717) is 5.82 Å². The number of H-pyrrole nitrogens is 2. The number of benzene rings is 1. The molecule has 37 heavy (non-hydrogen) atoms. The molecule has 0 atom stereocenters. The molecule has 5 heterocycles. The van der Waals surface area contributed by atoms with Gasteiger partial charge in [-0.2, -0.15) is 5.10 Å². The van der Waals surface area contributed by atoms with Crippen LogP contribution < -0.4 is 5.32 Å². The van der Waals surface area contributed by atoms with Crippen molar-refractivity contribution in [1.82, 2.24) is 35.1 Å². The molecule has 0 aliphatic carbocycles. The summed E-state index contributed by atoms with van der Waals surface area (Å²) in [5.74, 6) is 0.678. The summed E-state index contributed by atoms with van der Waals surface area (Å²) in [7, 11) is 0. The van der Waals surface area contributed by atoms with E-state index in [1.807, 2.05) is 43.0 Å². The van der Waals surface area contributed by atoms with Crippen molar-refractivity contribution in [2.45, 2.75) is 26.2 Å². The molecule has 0 amide bonds. The smallest absolute Gasteiger partial charge is 0.159 e. The van der Waals surface area contributed by atoms with Crippen LogP contribution in [0, 0.1) is 0 Å². The topological polar surface area (TPSA) is 108 Å². The van der Waals surface area contributed by atoms with Crippen molar-refractivity contribution in [3.63, 3.8) is 0 Å². The van der Waals surface area contributed by atoms with Gasteiger partial charge in [0.05, 0.1) is 29.1 Å². The van der Waals surface area contributed by atoms with E-state index in [4.69, 9.17) is 4.98 Å². The van der Waals surface area contributed by atoms with Crippen LogP contribution in [0.2, 0.25) is 0 Å². The summed E-state index contributed by atoms with van der Waals surface area (Å²) >= 11 is 0. The molecule has 8 heteroatoms. The van der Waals surface area contributed by atoms with Crippen molar-refractivity contribution >= 4 is 27.6 Å². The number of hydrogen-bond acceptors (Lipinski definition) is 6. The summed E-state index contributed by atoms with van der Waals surface area (Å²) in [6, 6.07) is 12.2. The van der Waals surface area contributed by atoms with E-state index in [1.165, 1.54) is 0 Å². The van der Waals surface area contributed by atoms with Crippen molar-refractivity contribution < 1.29 is 0 Å². The van der Waals surface area contributed by atoms with Gasteiger partial charge in [-0.3, -0.25) is 20.1 Å². The van der Waals surface area contributed by atoms with E-state index >= 15 is 0 Å². The van der Waals surface area contributed by atoms with Crippen LogP contribution >= 0.6 is 0 Å². The molecule has 1 aromatic carbocycles. The number of unbranched alkanes of at least 4 members (excludes halogenated alkanes) is 1. The van der Waals surface area contributed by atoms with Crippen LogP contribution in [0.4, 0.5) is 5.69 Å². The molecule has 0 unspecified atom stereocenters. The fraction of sp³-hybridized carbons (Fsp3) is 0.138. The van der Waals surface area contributed by atoms with E-state index in [-0.39, 0.29) is 0 Å². The highest BCUT2D eigenvalue weighted by Gasteiger charge is 2.16. The van der Waals surface area contributed by atoms with Crippen LogP contribution in [0.3, 0.4) is 0 Å². The Morgan fingerprint density at radius 3 is 2.68 bits per heavy atom. The Hall–Kier alpha value is -4.85. The Balaban J connectivity index is 1.37. The van der Waals surface area contributed by atoms with Gasteiger partial charge in [0.1, 0.15) is 11.2 Å². The second-order valence-corrected chi connectivity index (χ2v) is 9.04. The minimum absolute atomic E-state index is 0.678. The lowest BCUT2D eigenvalue weighted by atomic mass is 10.0. The normalized spacial score (nSPS) is 11.3. The van der Waals surface area contributed by atoms with Gasteiger partial charge in [0.2, 0.25) is 0 Å². The Labute approximate surface area is 214 Å². The average molecular weight is 487 g/mol. The molecule has 0 saturated carbocycles. The minimum Gasteiger partial charge on any atom is -0.358 e. The Morgan fingerprint density at radius 1 is 0.919 bits per heavy atom. The van der Waals surface area contributed by atoms with Gasteiger partial charge in [-0.05, 0) is 42.7 Å². The first-order chi connectivity index (χ1) is 18.2. The summed E-state index contributed by atoms with van der Waals surface area (Å²) < 4.78 is 0. The monoisotopic (exact) mass is 486 g/mol. The number of allylic oxidation sites excluding steroid dienone is 1. The molecule has 6 rings (SSSR count). The molecule has 5 aromatic heterocycles. The summed E-state index contributed by atoms with van der Waals surface area (Å²) in [6.45, 7) is 6.32. The first-order valence-electron chi connectivity index (χ1n) is 12.3. The third-order valence-corrected chi connectivity index (χ3v) is 6.38. The number of hydrogen-bond donors (Lipinski definition) is 3. The molecule has 0 aliphatic rings. The number of anilines is 1. The maximum absolute atomic E-state index is 4.92. The zero-order chi connectivity index (χ0) is 25.2. The largest absolute Gasteiger partial charge is 0.358 e. The molecule has 182 valence electrons. The van der Waals surface area contributed by atoms with E-state index in [0.717, 1.165) is 80.5 Å². The predicted octanol–water partition coefficient (Wildman–Crippen LogP) is 6.74. The molecule has 0 spiro atoms. The van der Waals surface area contributed by atoms with Crippen LogP contribution in [-0.4, -0.2) is 35.1 Å². The number of nitrogens with zero attached hydrogens (tertiary/aromatic N) is 5. The van der Waals surface area contributed by atoms with E-state index in [9.17, 15) is 0 Å². The highest BCUT2D eigenvalue weighted by Crippen LogP contribution is 2.33. The first-order valence-corrected chi connectivity index (χ1v) is 12.3. The van der Waals surface area contributed by atoms with Gasteiger partial charge in [0.25, 0.3) is 0 Å². The molecule has 0 aliphatic heterocycles. The Kier molecular flexibility index (Phi) is 5.90. The van der Waals surface area contributed by atoms with Gasteiger partial charge >= 0.3 is 0 Å². The third kappa shape index (κ3) is 4.45. The summed E-state index contributed by atoms with van der Waals surface area (Å²) in [5.41, 5.74) is 9.22. The van der Waals surface area contributed by atoms with E-state index in [1.54, 1.807) is 12.4 Å². The molecule has 0 saturated heterocycles. The highest BCUT2D eigenvalue weighted by atomic mass is 15.1. The lowest BCUT2D eigenvalue weighted by Gasteiger charge is -2.10. The molecule has 8 nitrogen and oxygen atoms in total. The number of aromatic amines is 2. The molecular weight excluding hydrogens is 460 g/mol. The second-order valence-electron chi connectivity index (χ2n) is 9.04. The fourth-order valence-electron chi connectivity index (χ4n) is 4.48. The second kappa shape index (κ2) is 9.66. The highest BCUT2D eigenvalue weighted by molar-refractivity contribution is 5.98. The third-order valence-electron chi connectivity index (χ3n) is 6.38. The summed E-state index contributed by atoms with van der Waals surface area (Å²) in [6.07, 6.45) is 14.1. The minimum atomic E-state index is 0.678. The zero-order valence-electron chi connectivity index (χ0n) is 20.5. The van der Waals surface area contributed by atoms with Crippen molar-refractivity contribution in [2.75, 3.05) is 5.32 Å². The molecule has 0 fully saturated rings. The van der Waals surface area contributed by atoms with Crippen LogP contribution in [0.15, 0.2) is 85.9 Å². The van der Waals surface area contributed by atoms with Gasteiger partial charge < -0.3 is 10.3 Å². The molecular formula is C29H26N8. The van der Waals surface area contributed by atoms with Gasteiger partial charge in [-0.1, -0.05) is 32.1 Å². The molecule has 0 bridgehead atoms. The van der Waals surface area contributed by atoms with Gasteiger partial charge in [-0.15, -0.1) is 0 Å². The fourth-order valence-corrected chi connectivity index (χ4v) is 4.48. The van der Waals surface area contributed by atoms with E-state index < -0.39 is 0 Å². The SMILES string of the molecule is C=C(CCCC)Nc1cncc(-c2ccc3[nH]nc(-c4nc5c(-c6cccnc6)cncc5[nH]4)c3c2)c1. The lowest BCUT2D eigenvalue weighted by molar-refractivity contribution is 0.791. The number of pyridine rings is 3. The maximum Gasteiger partial charge on any atom is 0.159 e. The molecule has 0 radical (unpaired) electrons. The quantitative estimate of drug-likeness (QED) is 0.220.